The van der Waals surface area contributed by atoms with Crippen LogP contribution in [-0.4, -0.2) is 12.1 Å². The third-order valence-corrected chi connectivity index (χ3v) is 2.17. The summed E-state index contributed by atoms with van der Waals surface area (Å²) in [6.45, 7) is 2.85. The lowest BCUT2D eigenvalue weighted by Gasteiger charge is -2.14. The van der Waals surface area contributed by atoms with E-state index in [0.717, 1.165) is 0 Å². The second-order valence-corrected chi connectivity index (χ2v) is 4.25. The zero-order chi connectivity index (χ0) is 15.7. The Bertz CT molecular complexity index is 469. The molecular weight excluding hydrogens is 290 g/mol. The molecule has 0 amide bonds. The average Bonchev–Trinajstić information content (AvgIpc) is 2.25. The molecule has 1 rings (SSSR count). The summed E-state index contributed by atoms with van der Waals surface area (Å²) in [7, 11) is 0. The van der Waals surface area contributed by atoms with Crippen LogP contribution in [0.25, 0.3) is 0 Å². The Morgan fingerprint density at radius 2 is 1.35 bits per heavy atom. The fourth-order valence-electron chi connectivity index (χ4n) is 1.35. The molecule has 0 N–H and O–H groups in total. The molecule has 0 aliphatic rings. The largest absolute Gasteiger partial charge is 0.459 e. The van der Waals surface area contributed by atoms with Crippen molar-refractivity contribution in [2.75, 3.05) is 0 Å². The Morgan fingerprint density at radius 1 is 0.950 bits per heavy atom. The number of ether oxygens (including phenoxy) is 1. The maximum atomic E-state index is 12.5. The Balaban J connectivity index is 3.35. The van der Waals surface area contributed by atoms with Crippen molar-refractivity contribution in [1.82, 2.24) is 0 Å². The van der Waals surface area contributed by atoms with Crippen LogP contribution in [0.1, 0.15) is 35.3 Å². The molecule has 0 saturated carbocycles. The van der Waals surface area contributed by atoms with Gasteiger partial charge in [0, 0.05) is 0 Å². The first-order valence-corrected chi connectivity index (χ1v) is 5.41. The second-order valence-electron chi connectivity index (χ2n) is 4.25. The number of esters is 1. The lowest BCUT2D eigenvalue weighted by molar-refractivity contribution is -0.143. The van der Waals surface area contributed by atoms with Gasteiger partial charge in [-0.2, -0.15) is 26.3 Å². The van der Waals surface area contributed by atoms with Gasteiger partial charge in [-0.25, -0.2) is 4.79 Å². The minimum Gasteiger partial charge on any atom is -0.459 e. The normalized spacial score (nSPS) is 12.7. The van der Waals surface area contributed by atoms with Crippen molar-refractivity contribution in [3.8, 4) is 0 Å². The van der Waals surface area contributed by atoms with E-state index in [1.54, 1.807) is 0 Å². The zero-order valence-corrected chi connectivity index (χ0v) is 10.4. The fraction of sp³-hybridized carbons (Fsp3) is 0.417. The van der Waals surface area contributed by atoms with E-state index < -0.39 is 41.1 Å². The zero-order valence-electron chi connectivity index (χ0n) is 10.4. The number of carbonyl (C=O) groups is 1. The third-order valence-electron chi connectivity index (χ3n) is 2.17. The van der Waals surface area contributed by atoms with Gasteiger partial charge in [-0.1, -0.05) is 0 Å². The van der Waals surface area contributed by atoms with E-state index in [1.165, 1.54) is 13.8 Å². The molecule has 0 saturated heterocycles. The number of alkyl halides is 6. The molecule has 2 nitrogen and oxygen atoms in total. The first kappa shape index (κ1) is 16.3. The first-order valence-electron chi connectivity index (χ1n) is 5.41. The minimum absolute atomic E-state index is 0.0495. The highest BCUT2D eigenvalue weighted by Gasteiger charge is 2.37. The molecule has 0 aliphatic heterocycles. The van der Waals surface area contributed by atoms with Crippen LogP contribution in [0.5, 0.6) is 0 Å². The molecule has 0 fully saturated rings. The van der Waals surface area contributed by atoms with Gasteiger partial charge in [0.25, 0.3) is 0 Å². The van der Waals surface area contributed by atoms with E-state index >= 15 is 0 Å². The molecule has 112 valence electrons. The summed E-state index contributed by atoms with van der Waals surface area (Å²) in [5.41, 5.74) is -3.90. The van der Waals surface area contributed by atoms with Crippen molar-refractivity contribution in [1.29, 1.82) is 0 Å². The second kappa shape index (κ2) is 5.34. The number of carbonyl (C=O) groups excluding carboxylic acids is 1. The lowest BCUT2D eigenvalue weighted by atomic mass is 10.0. The monoisotopic (exact) mass is 300 g/mol. The Morgan fingerprint density at radius 3 is 1.65 bits per heavy atom. The Kier molecular flexibility index (Phi) is 4.36. The topological polar surface area (TPSA) is 26.3 Å². The Labute approximate surface area is 110 Å². The van der Waals surface area contributed by atoms with E-state index in [1.807, 2.05) is 0 Å². The first-order chi connectivity index (χ1) is 8.91. The number of rotatable bonds is 2. The fourth-order valence-corrected chi connectivity index (χ4v) is 1.35. The number of hydrogen-bond acceptors (Lipinski definition) is 2. The molecule has 0 aliphatic carbocycles. The molecule has 0 aromatic heterocycles. The molecule has 0 atom stereocenters. The molecule has 1 aromatic carbocycles. The summed E-state index contributed by atoms with van der Waals surface area (Å²) in [5.74, 6) is -1.24. The van der Waals surface area contributed by atoms with Crippen LogP contribution in [0.4, 0.5) is 26.3 Å². The summed E-state index contributed by atoms with van der Waals surface area (Å²) < 4.78 is 79.9. The average molecular weight is 300 g/mol. The highest BCUT2D eigenvalue weighted by molar-refractivity contribution is 5.90. The molecule has 1 aromatic rings. The summed E-state index contributed by atoms with van der Waals surface area (Å²) in [4.78, 5) is 11.5. The quantitative estimate of drug-likeness (QED) is 0.601. The predicted molar refractivity (Wildman–Crippen MR) is 57.0 cm³/mol. The van der Waals surface area contributed by atoms with Gasteiger partial charge in [-0.3, -0.25) is 0 Å². The molecular formula is C12H10F6O2. The highest BCUT2D eigenvalue weighted by atomic mass is 19.4. The molecule has 0 radical (unpaired) electrons. The predicted octanol–water partition coefficient (Wildman–Crippen LogP) is 4.29. The van der Waals surface area contributed by atoms with Gasteiger partial charge >= 0.3 is 18.3 Å². The van der Waals surface area contributed by atoms with Crippen LogP contribution in [0.15, 0.2) is 18.2 Å². The van der Waals surface area contributed by atoms with E-state index in [-0.39, 0.29) is 6.07 Å². The standard InChI is InChI=1S/C12H10F6O2/c1-6(2)20-10(19)7-3-8(11(13,14)15)5-9(4-7)12(16,17)18/h3-6H,1-2H3. The molecule has 20 heavy (non-hydrogen) atoms. The van der Waals surface area contributed by atoms with Crippen molar-refractivity contribution in [2.24, 2.45) is 0 Å². The van der Waals surface area contributed by atoms with Gasteiger partial charge in [-0.05, 0) is 32.0 Å². The van der Waals surface area contributed by atoms with Crippen LogP contribution in [0, 0.1) is 0 Å². The van der Waals surface area contributed by atoms with Crippen LogP contribution >= 0.6 is 0 Å². The maximum Gasteiger partial charge on any atom is 0.416 e. The molecule has 0 heterocycles. The van der Waals surface area contributed by atoms with Crippen molar-refractivity contribution in [3.63, 3.8) is 0 Å². The van der Waals surface area contributed by atoms with Crippen molar-refractivity contribution >= 4 is 5.97 Å². The van der Waals surface area contributed by atoms with Crippen LogP contribution in [0.2, 0.25) is 0 Å². The van der Waals surface area contributed by atoms with Gasteiger partial charge in [0.1, 0.15) is 0 Å². The van der Waals surface area contributed by atoms with Crippen molar-refractivity contribution in [3.05, 3.63) is 34.9 Å². The van der Waals surface area contributed by atoms with Gasteiger partial charge < -0.3 is 4.74 Å². The number of hydrogen-bond donors (Lipinski definition) is 0. The van der Waals surface area contributed by atoms with Gasteiger partial charge in [0.2, 0.25) is 0 Å². The minimum atomic E-state index is -4.99. The molecule has 0 spiro atoms. The van der Waals surface area contributed by atoms with Crippen LogP contribution < -0.4 is 0 Å². The van der Waals surface area contributed by atoms with Gasteiger partial charge in [-0.15, -0.1) is 0 Å². The van der Waals surface area contributed by atoms with Crippen LogP contribution in [-0.2, 0) is 17.1 Å². The van der Waals surface area contributed by atoms with Crippen LogP contribution in [0.3, 0.4) is 0 Å². The summed E-state index contributed by atoms with van der Waals surface area (Å²) in [6.07, 6.45) is -10.6. The Hall–Kier alpha value is -1.73. The smallest absolute Gasteiger partial charge is 0.416 e. The molecule has 8 heteroatoms. The van der Waals surface area contributed by atoms with Gasteiger partial charge in [0.15, 0.2) is 0 Å². The maximum absolute atomic E-state index is 12.5. The lowest BCUT2D eigenvalue weighted by Crippen LogP contribution is -2.16. The summed E-state index contributed by atoms with van der Waals surface area (Å²) >= 11 is 0. The van der Waals surface area contributed by atoms with E-state index in [0.29, 0.717) is 12.1 Å². The van der Waals surface area contributed by atoms with Gasteiger partial charge in [0.05, 0.1) is 22.8 Å². The highest BCUT2D eigenvalue weighted by Crippen LogP contribution is 2.36. The third kappa shape index (κ3) is 4.14. The number of halogens is 6. The van der Waals surface area contributed by atoms with E-state index in [4.69, 9.17) is 0 Å². The SMILES string of the molecule is CC(C)OC(=O)c1cc(C(F)(F)F)cc(C(F)(F)F)c1. The summed E-state index contributed by atoms with van der Waals surface area (Å²) in [5, 5.41) is 0. The van der Waals surface area contributed by atoms with E-state index in [9.17, 15) is 31.1 Å². The summed E-state index contributed by atoms with van der Waals surface area (Å²) in [6, 6.07) is 0.617. The van der Waals surface area contributed by atoms with Crippen molar-refractivity contribution < 1.29 is 35.9 Å². The molecule has 0 bridgehead atoms. The van der Waals surface area contributed by atoms with E-state index in [2.05, 4.69) is 4.74 Å². The number of benzene rings is 1. The van der Waals surface area contributed by atoms with Crippen molar-refractivity contribution in [2.45, 2.75) is 32.3 Å². The molecule has 0 unspecified atom stereocenters.